The van der Waals surface area contributed by atoms with Gasteiger partial charge in [-0.3, -0.25) is 9.69 Å². The summed E-state index contributed by atoms with van der Waals surface area (Å²) < 4.78 is 4.92. The molecule has 0 radical (unpaired) electrons. The Labute approximate surface area is 198 Å². The van der Waals surface area contributed by atoms with Crippen LogP contribution in [0.15, 0.2) is 36.4 Å². The van der Waals surface area contributed by atoms with Crippen LogP contribution in [0.1, 0.15) is 28.5 Å². The first-order valence-electron chi connectivity index (χ1n) is 11.0. The molecular formula is C25H29ClN4O3. The summed E-state index contributed by atoms with van der Waals surface area (Å²) in [6.45, 7) is 9.05. The Balaban J connectivity index is 1.48. The molecule has 7 nitrogen and oxygen atoms in total. The molecule has 174 valence electrons. The van der Waals surface area contributed by atoms with Crippen LogP contribution in [0.3, 0.4) is 0 Å². The number of anilines is 2. The zero-order valence-corrected chi connectivity index (χ0v) is 20.1. The molecule has 0 bridgehead atoms. The molecule has 1 aromatic heterocycles. The number of esters is 1. The number of ether oxygens (including phenoxy) is 1. The third-order valence-electron chi connectivity index (χ3n) is 6.35. The molecule has 0 spiro atoms. The van der Waals surface area contributed by atoms with Crippen molar-refractivity contribution in [1.82, 2.24) is 9.88 Å². The first-order chi connectivity index (χ1) is 15.8. The number of hydrogen-bond acceptors (Lipinski definition) is 5. The molecule has 0 saturated carbocycles. The first kappa shape index (κ1) is 23.1. The average molecular weight is 469 g/mol. The Bertz CT molecular complexity index is 1200. The van der Waals surface area contributed by atoms with Gasteiger partial charge in [0.1, 0.15) is 5.69 Å². The second-order valence-electron chi connectivity index (χ2n) is 8.53. The minimum atomic E-state index is -0.516. The summed E-state index contributed by atoms with van der Waals surface area (Å²) in [6, 6.07) is 11.4. The van der Waals surface area contributed by atoms with Gasteiger partial charge >= 0.3 is 5.97 Å². The number of amides is 1. The van der Waals surface area contributed by atoms with Gasteiger partial charge in [0.15, 0.2) is 0 Å². The molecule has 2 N–H and O–H groups in total. The highest BCUT2D eigenvalue weighted by molar-refractivity contribution is 6.30. The Kier molecular flexibility index (Phi) is 6.63. The van der Waals surface area contributed by atoms with E-state index < -0.39 is 5.97 Å². The minimum Gasteiger partial charge on any atom is -0.464 e. The van der Waals surface area contributed by atoms with Gasteiger partial charge in [-0.25, -0.2) is 4.79 Å². The number of H-pyrrole nitrogens is 1. The predicted molar refractivity (Wildman–Crippen MR) is 132 cm³/mol. The lowest BCUT2D eigenvalue weighted by molar-refractivity contribution is -0.120. The fraction of sp³-hybridized carbons (Fsp3) is 0.360. The monoisotopic (exact) mass is 468 g/mol. The highest BCUT2D eigenvalue weighted by Gasteiger charge is 2.28. The van der Waals surface area contributed by atoms with Gasteiger partial charge in [0.05, 0.1) is 18.8 Å². The summed E-state index contributed by atoms with van der Waals surface area (Å²) in [5.74, 6) is -0.674. The fourth-order valence-corrected chi connectivity index (χ4v) is 4.52. The summed E-state index contributed by atoms with van der Waals surface area (Å²) in [5.41, 5.74) is 4.84. The lowest BCUT2D eigenvalue weighted by Gasteiger charge is -2.39. The average Bonchev–Trinajstić information content (AvgIpc) is 3.17. The number of piperazine rings is 1. The van der Waals surface area contributed by atoms with E-state index in [0.29, 0.717) is 5.69 Å². The number of fused-ring (bicyclic) bond motifs is 1. The van der Waals surface area contributed by atoms with E-state index in [4.69, 9.17) is 16.3 Å². The zero-order chi connectivity index (χ0) is 23.7. The number of carbonyl (C=O) groups excluding carboxylic acids is 2. The van der Waals surface area contributed by atoms with Crippen LogP contribution in [0.5, 0.6) is 0 Å². The van der Waals surface area contributed by atoms with Crippen LogP contribution in [-0.2, 0) is 9.53 Å². The SMILES string of the molecule is COC(=O)c1[nH]c2ccc(C)cc2c1NC(=O)[C@@H](C)N1CCN(c2cc(Cl)ccc2C)CC1. The molecule has 2 heterocycles. The minimum absolute atomic E-state index is 0.157. The Morgan fingerprint density at radius 1 is 1.09 bits per heavy atom. The molecule has 1 amide bonds. The smallest absolute Gasteiger partial charge is 0.356 e. The normalized spacial score (nSPS) is 15.5. The van der Waals surface area contributed by atoms with Gasteiger partial charge in [0.2, 0.25) is 5.91 Å². The van der Waals surface area contributed by atoms with Crippen LogP contribution >= 0.6 is 11.6 Å². The van der Waals surface area contributed by atoms with Gasteiger partial charge in [-0.1, -0.05) is 29.3 Å². The summed E-state index contributed by atoms with van der Waals surface area (Å²) in [4.78, 5) is 33.1. The number of hydrogen-bond donors (Lipinski definition) is 2. The lowest BCUT2D eigenvalue weighted by Crippen LogP contribution is -2.53. The van der Waals surface area contributed by atoms with Crippen molar-refractivity contribution in [2.75, 3.05) is 43.5 Å². The number of rotatable bonds is 5. The summed E-state index contributed by atoms with van der Waals surface area (Å²) in [7, 11) is 1.33. The van der Waals surface area contributed by atoms with Crippen LogP contribution in [0.2, 0.25) is 5.02 Å². The number of aromatic amines is 1. The molecule has 1 aliphatic rings. The fourth-order valence-electron chi connectivity index (χ4n) is 4.36. The highest BCUT2D eigenvalue weighted by atomic mass is 35.5. The Morgan fingerprint density at radius 3 is 2.52 bits per heavy atom. The van der Waals surface area contributed by atoms with Crippen molar-refractivity contribution >= 4 is 45.8 Å². The number of nitrogens with zero attached hydrogens (tertiary/aromatic N) is 2. The molecule has 0 aliphatic carbocycles. The topological polar surface area (TPSA) is 77.7 Å². The molecule has 2 aromatic carbocycles. The standard InChI is InChI=1S/C25H29ClN4O3/c1-15-5-8-20-19(13-15)22(23(27-20)25(32)33-4)28-24(31)17(3)29-9-11-30(12-10-29)21-14-18(26)7-6-16(21)2/h5-8,13-14,17,27H,9-12H2,1-4H3,(H,28,31)/t17-/m1/s1. The maximum absolute atomic E-state index is 13.2. The van der Waals surface area contributed by atoms with Crippen LogP contribution in [-0.4, -0.2) is 61.1 Å². The number of nitrogens with one attached hydrogen (secondary N) is 2. The molecular weight excluding hydrogens is 440 g/mol. The van der Waals surface area contributed by atoms with Crippen LogP contribution in [0, 0.1) is 13.8 Å². The first-order valence-corrected chi connectivity index (χ1v) is 11.4. The number of halogens is 1. The quantitative estimate of drug-likeness (QED) is 0.543. The lowest BCUT2D eigenvalue weighted by atomic mass is 10.1. The second-order valence-corrected chi connectivity index (χ2v) is 8.97. The van der Waals surface area contributed by atoms with Crippen LogP contribution in [0.25, 0.3) is 10.9 Å². The largest absolute Gasteiger partial charge is 0.464 e. The molecule has 1 fully saturated rings. The summed E-state index contributed by atoms with van der Waals surface area (Å²) >= 11 is 6.20. The molecule has 0 unspecified atom stereocenters. The highest BCUT2D eigenvalue weighted by Crippen LogP contribution is 2.30. The van der Waals surface area contributed by atoms with E-state index in [-0.39, 0.29) is 17.6 Å². The van der Waals surface area contributed by atoms with E-state index in [1.54, 1.807) is 0 Å². The van der Waals surface area contributed by atoms with Gasteiger partial charge in [-0.2, -0.15) is 0 Å². The van der Waals surface area contributed by atoms with Crippen molar-refractivity contribution in [3.05, 3.63) is 58.2 Å². The van der Waals surface area contributed by atoms with E-state index in [0.717, 1.165) is 53.4 Å². The van der Waals surface area contributed by atoms with E-state index in [1.807, 2.05) is 50.2 Å². The van der Waals surface area contributed by atoms with Crippen molar-refractivity contribution in [3.8, 4) is 0 Å². The molecule has 4 rings (SSSR count). The Morgan fingerprint density at radius 2 is 1.82 bits per heavy atom. The number of aryl methyl sites for hydroxylation is 2. The third-order valence-corrected chi connectivity index (χ3v) is 6.58. The third kappa shape index (κ3) is 4.70. The van der Waals surface area contributed by atoms with Gasteiger partial charge in [0, 0.05) is 47.8 Å². The molecule has 8 heteroatoms. The number of aromatic nitrogens is 1. The summed E-state index contributed by atoms with van der Waals surface area (Å²) in [5, 5.41) is 4.50. The van der Waals surface area contributed by atoms with E-state index in [9.17, 15) is 9.59 Å². The predicted octanol–water partition coefficient (Wildman–Crippen LogP) is 4.37. The second kappa shape index (κ2) is 9.45. The maximum atomic E-state index is 13.2. The Hall–Kier alpha value is -3.03. The van der Waals surface area contributed by atoms with Gasteiger partial charge in [0.25, 0.3) is 0 Å². The van der Waals surface area contributed by atoms with Gasteiger partial charge in [-0.15, -0.1) is 0 Å². The van der Waals surface area contributed by atoms with Crippen molar-refractivity contribution in [2.24, 2.45) is 0 Å². The molecule has 33 heavy (non-hydrogen) atoms. The van der Waals surface area contributed by atoms with Gasteiger partial charge in [-0.05, 0) is 50.6 Å². The van der Waals surface area contributed by atoms with Crippen molar-refractivity contribution in [1.29, 1.82) is 0 Å². The van der Waals surface area contributed by atoms with E-state index in [1.165, 1.54) is 12.7 Å². The number of methoxy groups -OCH3 is 1. The molecule has 3 aromatic rings. The van der Waals surface area contributed by atoms with Crippen LogP contribution < -0.4 is 10.2 Å². The molecule has 1 atom stereocenters. The number of benzene rings is 2. The number of carbonyl (C=O) groups is 2. The molecule has 1 saturated heterocycles. The molecule has 1 aliphatic heterocycles. The summed E-state index contributed by atoms with van der Waals surface area (Å²) in [6.07, 6.45) is 0. The zero-order valence-electron chi connectivity index (χ0n) is 19.4. The van der Waals surface area contributed by atoms with Gasteiger partial charge < -0.3 is 19.9 Å². The maximum Gasteiger partial charge on any atom is 0.356 e. The van der Waals surface area contributed by atoms with E-state index in [2.05, 4.69) is 27.0 Å². The van der Waals surface area contributed by atoms with E-state index >= 15 is 0 Å². The van der Waals surface area contributed by atoms with Crippen molar-refractivity contribution in [2.45, 2.75) is 26.8 Å². The van der Waals surface area contributed by atoms with Crippen molar-refractivity contribution < 1.29 is 14.3 Å². The van der Waals surface area contributed by atoms with Crippen LogP contribution in [0.4, 0.5) is 11.4 Å². The van der Waals surface area contributed by atoms with Crippen molar-refractivity contribution in [3.63, 3.8) is 0 Å².